The fourth-order valence-corrected chi connectivity index (χ4v) is 1.74. The van der Waals surface area contributed by atoms with Gasteiger partial charge < -0.3 is 12.6 Å². The number of aryl methyl sites for hydroxylation is 1. The van der Waals surface area contributed by atoms with Crippen molar-refractivity contribution in [2.24, 2.45) is 0 Å². The maximum Gasteiger partial charge on any atom is 1.00 e. The van der Waals surface area contributed by atoms with Crippen LogP contribution in [0.2, 0.25) is 0 Å². The number of fused-ring (bicyclic) bond motifs is 1. The van der Waals surface area contributed by atoms with Crippen molar-refractivity contribution in [1.82, 2.24) is 4.98 Å². The monoisotopic (exact) mass is 454 g/mol. The molecule has 19 heavy (non-hydrogen) atoms. The second-order valence-electron chi connectivity index (χ2n) is 3.68. The Morgan fingerprint density at radius 1 is 1.05 bits per heavy atom. The normalized spacial score (nSPS) is 8.47. The summed E-state index contributed by atoms with van der Waals surface area (Å²) in [5.41, 5.74) is 2.27. The van der Waals surface area contributed by atoms with Gasteiger partial charge in [0, 0.05) is 11.6 Å². The van der Waals surface area contributed by atoms with Gasteiger partial charge in [0.2, 0.25) is 0 Å². The molecule has 0 spiro atoms. The predicted molar refractivity (Wildman–Crippen MR) is 84.1 cm³/mol. The van der Waals surface area contributed by atoms with Gasteiger partial charge in [0.25, 0.3) is 0 Å². The molecular weight excluding hydrogens is 428 g/mol. The van der Waals surface area contributed by atoms with Gasteiger partial charge in [0.05, 0.1) is 5.52 Å². The van der Waals surface area contributed by atoms with Crippen molar-refractivity contribution < 1.29 is 19.8 Å². The Kier molecular flexibility index (Phi) is 13.7. The van der Waals surface area contributed by atoms with Gasteiger partial charge in [-0.25, -0.2) is 0 Å². The smallest absolute Gasteiger partial charge is 0.778 e. The van der Waals surface area contributed by atoms with Gasteiger partial charge in [-0.15, -0.1) is 4.90 Å². The summed E-state index contributed by atoms with van der Waals surface area (Å²) in [5, 5.41) is 1.19. The number of aromatic nitrogens is 1. The van der Waals surface area contributed by atoms with Crippen LogP contribution in [-0.4, -0.2) is 4.98 Å². The van der Waals surface area contributed by atoms with Gasteiger partial charge >= 0.3 is 19.8 Å². The first kappa shape index (κ1) is 20.8. The van der Waals surface area contributed by atoms with Crippen LogP contribution in [0.1, 0.15) is 46.6 Å². The first-order chi connectivity index (χ1) is 8.74. The van der Waals surface area contributed by atoms with E-state index in [1.165, 1.54) is 17.4 Å². The van der Waals surface area contributed by atoms with E-state index in [0.717, 1.165) is 16.8 Å². The van der Waals surface area contributed by atoms with Gasteiger partial charge in [0.15, 0.2) is 0 Å². The third-order valence-electron chi connectivity index (χ3n) is 2.20. The molecule has 1 aromatic heterocycles. The van der Waals surface area contributed by atoms with E-state index in [4.69, 9.17) is 12.6 Å². The standard InChI is InChI=1S/C11H11NS.C3H8.C2H6.Os/c1-2-8-5-6-10(13)11-9(8)4-3-7-12-11;1-3-2;1-2;/h3-7,13H,2H2,1H3;3H2,1-2H3;1-2H3;/q;;;+1/p-1. The Bertz CT molecular complexity index is 457. The second-order valence-corrected chi connectivity index (χ2v) is 4.12. The predicted octanol–water partition coefficient (Wildman–Crippen LogP) is 5.14. The zero-order valence-corrected chi connectivity index (χ0v) is 15.9. The first-order valence-corrected chi connectivity index (χ1v) is 7.19. The molecule has 2 aromatic rings. The molecule has 0 N–H and O–H groups in total. The number of hydrogen-bond donors (Lipinski definition) is 0. The summed E-state index contributed by atoms with van der Waals surface area (Å²) in [6.07, 6.45) is 4.06. The Morgan fingerprint density at radius 2 is 1.63 bits per heavy atom. The maximum absolute atomic E-state index is 5.20. The zero-order valence-electron chi connectivity index (χ0n) is 12.5. The van der Waals surface area contributed by atoms with Crippen molar-refractivity contribution in [1.29, 1.82) is 0 Å². The van der Waals surface area contributed by atoms with Crippen LogP contribution in [0, 0.1) is 0 Å². The van der Waals surface area contributed by atoms with Gasteiger partial charge in [-0.1, -0.05) is 59.2 Å². The third-order valence-corrected chi connectivity index (χ3v) is 2.53. The van der Waals surface area contributed by atoms with E-state index in [9.17, 15) is 0 Å². The number of benzene rings is 1. The minimum absolute atomic E-state index is 0. The van der Waals surface area contributed by atoms with Crippen LogP contribution in [-0.2, 0) is 38.8 Å². The number of nitrogens with zero attached hydrogens (tertiary/aromatic N) is 1. The minimum atomic E-state index is 0. The fraction of sp³-hybridized carbons (Fsp3) is 0.438. The van der Waals surface area contributed by atoms with Crippen LogP contribution in [0.3, 0.4) is 0 Å². The van der Waals surface area contributed by atoms with Crippen LogP contribution in [0.4, 0.5) is 0 Å². The van der Waals surface area contributed by atoms with E-state index in [2.05, 4.69) is 37.9 Å². The van der Waals surface area contributed by atoms with Crippen LogP contribution in [0.25, 0.3) is 10.9 Å². The van der Waals surface area contributed by atoms with Crippen molar-refractivity contribution in [3.05, 3.63) is 36.0 Å². The molecule has 1 nitrogen and oxygen atoms in total. The molecule has 0 saturated carbocycles. The Labute approximate surface area is 136 Å². The quantitative estimate of drug-likeness (QED) is 0.556. The Balaban J connectivity index is 0. The summed E-state index contributed by atoms with van der Waals surface area (Å²) < 4.78 is 0. The summed E-state index contributed by atoms with van der Waals surface area (Å²) in [7, 11) is 0. The molecule has 1 heterocycles. The maximum atomic E-state index is 5.20. The van der Waals surface area contributed by atoms with Crippen LogP contribution in [0.15, 0.2) is 35.4 Å². The fourth-order valence-electron chi connectivity index (χ4n) is 1.51. The van der Waals surface area contributed by atoms with Gasteiger partial charge in [0.1, 0.15) is 0 Å². The van der Waals surface area contributed by atoms with E-state index in [0.29, 0.717) is 0 Å². The summed E-state index contributed by atoms with van der Waals surface area (Å²) in [5.74, 6) is 0. The summed E-state index contributed by atoms with van der Waals surface area (Å²) in [6, 6.07) is 8.09. The van der Waals surface area contributed by atoms with Crippen molar-refractivity contribution in [2.45, 2.75) is 52.4 Å². The van der Waals surface area contributed by atoms with E-state index < -0.39 is 0 Å². The number of pyridine rings is 1. The molecule has 1 radical (unpaired) electrons. The molecule has 0 unspecified atom stereocenters. The zero-order chi connectivity index (χ0) is 14.0. The van der Waals surface area contributed by atoms with Crippen molar-refractivity contribution in [3.63, 3.8) is 0 Å². The number of hydrogen-bond acceptors (Lipinski definition) is 2. The molecule has 0 bridgehead atoms. The molecule has 1 aromatic carbocycles. The molecule has 0 amide bonds. The molecule has 3 heteroatoms. The van der Waals surface area contributed by atoms with E-state index in [-0.39, 0.29) is 19.8 Å². The first-order valence-electron chi connectivity index (χ1n) is 6.78. The molecule has 107 valence electrons. The van der Waals surface area contributed by atoms with Gasteiger partial charge in [-0.05, 0) is 18.1 Å². The summed E-state index contributed by atoms with van der Waals surface area (Å²) in [6.45, 7) is 10.4. The average Bonchev–Trinajstić information content (AvgIpc) is 2.43. The van der Waals surface area contributed by atoms with Crippen molar-refractivity contribution in [3.8, 4) is 0 Å². The van der Waals surface area contributed by atoms with Gasteiger partial charge in [-0.2, -0.15) is 0 Å². The van der Waals surface area contributed by atoms with Crippen LogP contribution < -0.4 is 0 Å². The third kappa shape index (κ3) is 6.46. The second kappa shape index (κ2) is 12.5. The van der Waals surface area contributed by atoms with E-state index in [1.807, 2.05) is 26.0 Å². The average molecular weight is 453 g/mol. The SMILES string of the molecule is CC.CCC.CCc1ccc([S-])c2ncccc12.[Os+]. The van der Waals surface area contributed by atoms with E-state index >= 15 is 0 Å². The van der Waals surface area contributed by atoms with Gasteiger partial charge in [-0.3, -0.25) is 4.98 Å². The van der Waals surface area contributed by atoms with Crippen molar-refractivity contribution in [2.75, 3.05) is 0 Å². The summed E-state index contributed by atoms with van der Waals surface area (Å²) >= 11 is 5.20. The topological polar surface area (TPSA) is 12.9 Å². The largest absolute Gasteiger partial charge is 1.00 e. The molecule has 0 fully saturated rings. The minimum Gasteiger partial charge on any atom is -0.778 e. The Hall–Kier alpha value is -0.514. The molecule has 0 saturated heterocycles. The number of rotatable bonds is 1. The molecule has 0 aliphatic carbocycles. The van der Waals surface area contributed by atoms with Crippen LogP contribution in [0.5, 0.6) is 0 Å². The van der Waals surface area contributed by atoms with Crippen molar-refractivity contribution >= 4 is 23.5 Å². The van der Waals surface area contributed by atoms with Crippen LogP contribution >= 0.6 is 0 Å². The molecule has 0 aliphatic rings. The van der Waals surface area contributed by atoms with E-state index in [1.54, 1.807) is 6.20 Å². The molecular formula is C16H24NOsS. The molecule has 2 rings (SSSR count). The Morgan fingerprint density at radius 3 is 2.16 bits per heavy atom. The molecule has 0 atom stereocenters. The molecule has 0 aliphatic heterocycles. The summed E-state index contributed by atoms with van der Waals surface area (Å²) in [4.78, 5) is 5.13.